The van der Waals surface area contributed by atoms with Gasteiger partial charge in [-0.2, -0.15) is 0 Å². The van der Waals surface area contributed by atoms with E-state index in [0.29, 0.717) is 22.0 Å². The lowest BCUT2D eigenvalue weighted by atomic mass is 10.1. The topological polar surface area (TPSA) is 78.3 Å². The lowest BCUT2D eigenvalue weighted by Crippen LogP contribution is -2.35. The average Bonchev–Trinajstić information content (AvgIpc) is 3.26. The van der Waals surface area contributed by atoms with Gasteiger partial charge in [-0.3, -0.25) is 4.79 Å². The third kappa shape index (κ3) is 4.98. The molecule has 0 aliphatic heterocycles. The molecule has 0 bridgehead atoms. The molecule has 4 rings (SSSR count). The monoisotopic (exact) mass is 435 g/mol. The summed E-state index contributed by atoms with van der Waals surface area (Å²) in [7, 11) is 0. The summed E-state index contributed by atoms with van der Waals surface area (Å²) < 4.78 is 5.42. The molecule has 0 unspecified atom stereocenters. The van der Waals surface area contributed by atoms with E-state index in [-0.39, 0.29) is 24.7 Å². The van der Waals surface area contributed by atoms with Crippen molar-refractivity contribution < 1.29 is 9.21 Å². The van der Waals surface area contributed by atoms with Crippen molar-refractivity contribution in [3.8, 4) is 0 Å². The Kier molecular flexibility index (Phi) is 6.09. The van der Waals surface area contributed by atoms with Crippen LogP contribution in [0.4, 0.5) is 10.5 Å². The van der Waals surface area contributed by atoms with Gasteiger partial charge in [0.1, 0.15) is 5.76 Å². The Morgan fingerprint density at radius 3 is 2.71 bits per heavy atom. The Hall–Kier alpha value is -3.51. The van der Waals surface area contributed by atoms with Gasteiger partial charge in [-0.1, -0.05) is 30.7 Å². The zero-order chi connectivity index (χ0) is 21.8. The first kappa shape index (κ1) is 20.8. The molecule has 2 heterocycles. The molecule has 2 amide bonds. The Balaban J connectivity index is 1.64. The maximum atomic E-state index is 13.0. The maximum absolute atomic E-state index is 13.0. The van der Waals surface area contributed by atoms with Crippen LogP contribution < -0.4 is 10.9 Å². The van der Waals surface area contributed by atoms with Crippen LogP contribution in [0.15, 0.2) is 76.1 Å². The zero-order valence-electron chi connectivity index (χ0n) is 17.0. The van der Waals surface area contributed by atoms with Gasteiger partial charge in [0.25, 0.3) is 5.56 Å². The number of H-pyrrole nitrogens is 1. The van der Waals surface area contributed by atoms with E-state index in [1.165, 1.54) is 10.5 Å². The molecular weight excluding hydrogens is 414 g/mol. The number of rotatable bonds is 6. The lowest BCUT2D eigenvalue weighted by molar-refractivity contribution is 0.201. The lowest BCUT2D eigenvalue weighted by Gasteiger charge is -2.22. The van der Waals surface area contributed by atoms with Gasteiger partial charge < -0.3 is 19.6 Å². The molecule has 7 heteroatoms. The van der Waals surface area contributed by atoms with Crippen molar-refractivity contribution in [3.63, 3.8) is 0 Å². The summed E-state index contributed by atoms with van der Waals surface area (Å²) in [6, 6.07) is 17.9. The Morgan fingerprint density at radius 1 is 1.10 bits per heavy atom. The highest BCUT2D eigenvalue weighted by molar-refractivity contribution is 6.30. The normalized spacial score (nSPS) is 10.9. The first-order chi connectivity index (χ1) is 15.0. The summed E-state index contributed by atoms with van der Waals surface area (Å²) in [6.45, 7) is 2.42. The number of nitrogens with zero attached hydrogens (tertiary/aromatic N) is 1. The number of nitrogens with one attached hydrogen (secondary N) is 2. The highest BCUT2D eigenvalue weighted by Gasteiger charge is 2.18. The molecule has 31 heavy (non-hydrogen) atoms. The molecule has 2 aromatic heterocycles. The summed E-state index contributed by atoms with van der Waals surface area (Å²) in [5, 5.41) is 4.29. The van der Waals surface area contributed by atoms with Gasteiger partial charge in [0, 0.05) is 21.8 Å². The number of carbonyl (C=O) groups excluding carboxylic acids is 1. The van der Waals surface area contributed by atoms with E-state index in [0.717, 1.165) is 17.3 Å². The predicted octanol–water partition coefficient (Wildman–Crippen LogP) is 5.57. The number of hydrogen-bond acceptors (Lipinski definition) is 3. The molecule has 0 saturated carbocycles. The van der Waals surface area contributed by atoms with Crippen molar-refractivity contribution in [2.75, 3.05) is 5.32 Å². The van der Waals surface area contributed by atoms with Crippen LogP contribution in [-0.2, 0) is 19.5 Å². The number of fused-ring (bicyclic) bond motifs is 1. The highest BCUT2D eigenvalue weighted by Crippen LogP contribution is 2.19. The minimum atomic E-state index is -0.361. The summed E-state index contributed by atoms with van der Waals surface area (Å²) in [6.07, 6.45) is 2.45. The number of aryl methyl sites for hydroxylation is 1. The van der Waals surface area contributed by atoms with E-state index in [4.69, 9.17) is 16.0 Å². The van der Waals surface area contributed by atoms with Gasteiger partial charge >= 0.3 is 6.03 Å². The van der Waals surface area contributed by atoms with Crippen molar-refractivity contribution >= 4 is 34.2 Å². The number of anilines is 1. The second-order valence-electron chi connectivity index (χ2n) is 7.27. The smallest absolute Gasteiger partial charge is 0.322 e. The minimum absolute atomic E-state index is 0.120. The largest absolute Gasteiger partial charge is 0.467 e. The van der Waals surface area contributed by atoms with Gasteiger partial charge in [-0.25, -0.2) is 4.79 Å². The van der Waals surface area contributed by atoms with Crippen LogP contribution in [0.25, 0.3) is 10.9 Å². The fourth-order valence-corrected chi connectivity index (χ4v) is 3.59. The van der Waals surface area contributed by atoms with Crippen LogP contribution in [0.5, 0.6) is 0 Å². The number of aromatic nitrogens is 1. The number of furan rings is 1. The van der Waals surface area contributed by atoms with Crippen molar-refractivity contribution in [3.05, 3.63) is 99.2 Å². The number of urea groups is 1. The third-order valence-corrected chi connectivity index (χ3v) is 5.28. The Morgan fingerprint density at radius 2 is 1.97 bits per heavy atom. The highest BCUT2D eigenvalue weighted by atomic mass is 35.5. The van der Waals surface area contributed by atoms with Crippen molar-refractivity contribution in [1.29, 1.82) is 0 Å². The molecule has 2 aromatic carbocycles. The Bertz CT molecular complexity index is 1260. The van der Waals surface area contributed by atoms with E-state index in [2.05, 4.69) is 23.3 Å². The van der Waals surface area contributed by atoms with E-state index in [1.807, 2.05) is 18.2 Å². The second-order valence-corrected chi connectivity index (χ2v) is 7.71. The average molecular weight is 436 g/mol. The zero-order valence-corrected chi connectivity index (χ0v) is 17.8. The molecular formula is C24H22ClN3O3. The van der Waals surface area contributed by atoms with Gasteiger partial charge in [0.05, 0.1) is 19.4 Å². The molecule has 0 radical (unpaired) electrons. The van der Waals surface area contributed by atoms with Crippen LogP contribution in [0.3, 0.4) is 0 Å². The molecule has 6 nitrogen and oxygen atoms in total. The number of hydrogen-bond donors (Lipinski definition) is 2. The molecule has 2 N–H and O–H groups in total. The van der Waals surface area contributed by atoms with E-state index < -0.39 is 0 Å². The Labute approximate surface area is 184 Å². The molecule has 0 aliphatic carbocycles. The number of carbonyl (C=O) groups is 1. The number of halogens is 1. The van der Waals surface area contributed by atoms with Gasteiger partial charge in [0.15, 0.2) is 0 Å². The van der Waals surface area contributed by atoms with Crippen LogP contribution in [0.1, 0.15) is 23.8 Å². The number of amides is 2. The number of aromatic amines is 1. The van der Waals surface area contributed by atoms with Crippen LogP contribution in [0.2, 0.25) is 5.02 Å². The fraction of sp³-hybridized carbons (Fsp3) is 0.167. The van der Waals surface area contributed by atoms with E-state index in [1.54, 1.807) is 42.7 Å². The number of pyridine rings is 1. The molecule has 0 aliphatic rings. The van der Waals surface area contributed by atoms with Gasteiger partial charge in [0.2, 0.25) is 0 Å². The van der Waals surface area contributed by atoms with Crippen molar-refractivity contribution in [2.45, 2.75) is 26.4 Å². The molecule has 4 aromatic rings. The first-order valence-corrected chi connectivity index (χ1v) is 10.4. The van der Waals surface area contributed by atoms with E-state index in [9.17, 15) is 9.59 Å². The SMILES string of the molecule is CCc1ccc2[nH]c(=O)c(CN(Cc3ccco3)C(=O)Nc3cccc(Cl)c3)cc2c1. The number of benzene rings is 2. The molecule has 158 valence electrons. The van der Waals surface area contributed by atoms with Crippen molar-refractivity contribution in [2.24, 2.45) is 0 Å². The van der Waals surface area contributed by atoms with Crippen LogP contribution in [-0.4, -0.2) is 15.9 Å². The summed E-state index contributed by atoms with van der Waals surface area (Å²) in [5.74, 6) is 0.617. The van der Waals surface area contributed by atoms with E-state index >= 15 is 0 Å². The second kappa shape index (κ2) is 9.10. The predicted molar refractivity (Wildman–Crippen MR) is 122 cm³/mol. The van der Waals surface area contributed by atoms with Crippen LogP contribution in [0, 0.1) is 0 Å². The quantitative estimate of drug-likeness (QED) is 0.415. The summed E-state index contributed by atoms with van der Waals surface area (Å²) >= 11 is 6.03. The molecule has 0 saturated heterocycles. The third-order valence-electron chi connectivity index (χ3n) is 5.04. The minimum Gasteiger partial charge on any atom is -0.467 e. The standard InChI is InChI=1S/C24H22ClN3O3/c1-2-16-8-9-22-17(11-16)12-18(23(29)27-22)14-28(15-21-7-4-10-31-21)24(30)26-20-6-3-5-19(25)13-20/h3-13H,2,14-15H2,1H3,(H,26,30)(H,27,29). The van der Waals surface area contributed by atoms with Gasteiger partial charge in [-0.15, -0.1) is 0 Å². The maximum Gasteiger partial charge on any atom is 0.322 e. The fourth-order valence-electron chi connectivity index (χ4n) is 3.40. The summed E-state index contributed by atoms with van der Waals surface area (Å²) in [4.78, 5) is 30.2. The van der Waals surface area contributed by atoms with Gasteiger partial charge in [-0.05, 0) is 65.9 Å². The molecule has 0 atom stereocenters. The van der Waals surface area contributed by atoms with Crippen LogP contribution >= 0.6 is 11.6 Å². The first-order valence-electron chi connectivity index (χ1n) is 10.0. The molecule has 0 spiro atoms. The summed E-state index contributed by atoms with van der Waals surface area (Å²) in [5.41, 5.74) is 2.79. The molecule has 0 fully saturated rings. The van der Waals surface area contributed by atoms with Crippen molar-refractivity contribution in [1.82, 2.24) is 9.88 Å².